The first kappa shape index (κ1) is 39.4. The number of carbonyl (C=O) groups excluding carboxylic acids is 1. The number of aliphatic carboxylic acids is 1. The molecule has 0 saturated carbocycles. The van der Waals surface area contributed by atoms with Crippen molar-refractivity contribution >= 4 is 11.9 Å². The summed E-state index contributed by atoms with van der Waals surface area (Å²) in [6, 6.07) is 5.38. The van der Waals surface area contributed by atoms with E-state index >= 15 is 8.78 Å². The maximum absolute atomic E-state index is 16.6. The third-order valence-electron chi connectivity index (χ3n) is 8.48. The van der Waals surface area contributed by atoms with Gasteiger partial charge in [-0.2, -0.15) is 13.2 Å². The van der Waals surface area contributed by atoms with Crippen molar-refractivity contribution in [2.24, 2.45) is 5.92 Å². The van der Waals surface area contributed by atoms with Crippen molar-refractivity contribution in [1.82, 2.24) is 14.9 Å². The van der Waals surface area contributed by atoms with E-state index in [0.717, 1.165) is 29.0 Å². The highest BCUT2D eigenvalue weighted by Gasteiger charge is 2.36. The van der Waals surface area contributed by atoms with Crippen LogP contribution in [0.1, 0.15) is 84.8 Å². The zero-order valence-corrected chi connectivity index (χ0v) is 29.1. The zero-order chi connectivity index (χ0) is 38.5. The maximum Gasteiger partial charge on any atom is 0.416 e. The Balaban J connectivity index is 1.87. The third-order valence-corrected chi connectivity index (χ3v) is 8.48. The Kier molecular flexibility index (Phi) is 12.4. The van der Waals surface area contributed by atoms with E-state index in [-0.39, 0.29) is 47.4 Å². The second kappa shape index (κ2) is 16.3. The minimum atomic E-state index is -4.90. The SMILES string of the molecule is CC#Cc1cc(-c2c(C)cc(F)cc2C)c(F)c(C(CC(=O)O)NC(=O)C(CC(C)C)n2cc(CCc3ccccn3)c(C(F)(F)F)cc2=O)c1F. The van der Waals surface area contributed by atoms with Crippen LogP contribution < -0.4 is 10.9 Å². The van der Waals surface area contributed by atoms with Gasteiger partial charge in [0.15, 0.2) is 0 Å². The first-order valence-electron chi connectivity index (χ1n) is 16.4. The fourth-order valence-electron chi connectivity index (χ4n) is 6.27. The predicted molar refractivity (Wildman–Crippen MR) is 183 cm³/mol. The minimum Gasteiger partial charge on any atom is -0.481 e. The number of nitrogens with one attached hydrogen (secondary N) is 1. The van der Waals surface area contributed by atoms with Crippen molar-refractivity contribution in [1.29, 1.82) is 0 Å². The van der Waals surface area contributed by atoms with Crippen molar-refractivity contribution in [2.45, 2.75) is 78.6 Å². The molecule has 0 aliphatic heterocycles. The van der Waals surface area contributed by atoms with Crippen LogP contribution in [-0.2, 0) is 28.6 Å². The van der Waals surface area contributed by atoms with Crippen LogP contribution in [0.5, 0.6) is 0 Å². The van der Waals surface area contributed by atoms with Gasteiger partial charge in [0.1, 0.15) is 23.5 Å². The molecule has 2 aromatic heterocycles. The number of nitrogens with zero attached hydrogens (tertiary/aromatic N) is 2. The normalized spacial score (nSPS) is 12.6. The lowest BCUT2D eigenvalue weighted by Gasteiger charge is -2.27. The first-order chi connectivity index (χ1) is 24.4. The number of carboxylic acid groups (broad SMARTS) is 1. The highest BCUT2D eigenvalue weighted by molar-refractivity contribution is 5.82. The Morgan fingerprint density at radius 3 is 2.23 bits per heavy atom. The van der Waals surface area contributed by atoms with Gasteiger partial charge in [-0.3, -0.25) is 19.4 Å². The Bertz CT molecular complexity index is 2080. The number of aryl methyl sites for hydroxylation is 4. The molecule has 2 aromatic carbocycles. The quantitative estimate of drug-likeness (QED) is 0.114. The molecule has 0 saturated heterocycles. The van der Waals surface area contributed by atoms with E-state index in [1.807, 2.05) is 0 Å². The minimum absolute atomic E-state index is 0.0781. The summed E-state index contributed by atoms with van der Waals surface area (Å²) in [6.07, 6.45) is -3.72. The molecule has 2 unspecified atom stereocenters. The summed E-state index contributed by atoms with van der Waals surface area (Å²) in [5.74, 6) is -0.954. The molecule has 2 N–H and O–H groups in total. The largest absolute Gasteiger partial charge is 0.481 e. The number of carbonyl (C=O) groups is 2. The van der Waals surface area contributed by atoms with Crippen LogP contribution >= 0.6 is 0 Å². The average molecular weight is 726 g/mol. The molecule has 0 aliphatic carbocycles. The number of amides is 1. The van der Waals surface area contributed by atoms with Crippen LogP contribution in [0.15, 0.2) is 59.7 Å². The topological polar surface area (TPSA) is 101 Å². The molecule has 0 spiro atoms. The highest BCUT2D eigenvalue weighted by atomic mass is 19.4. The molecular weight excluding hydrogens is 688 g/mol. The van der Waals surface area contributed by atoms with Gasteiger partial charge >= 0.3 is 12.1 Å². The van der Waals surface area contributed by atoms with Crippen LogP contribution in [0.25, 0.3) is 11.1 Å². The molecule has 13 heteroatoms. The van der Waals surface area contributed by atoms with E-state index < -0.39 is 70.7 Å². The summed E-state index contributed by atoms with van der Waals surface area (Å²) in [5.41, 5.74) is -2.74. The second-order valence-corrected chi connectivity index (χ2v) is 12.9. The number of hydrogen-bond acceptors (Lipinski definition) is 4. The maximum atomic E-state index is 16.6. The Morgan fingerprint density at radius 1 is 1.00 bits per heavy atom. The van der Waals surface area contributed by atoms with Gasteiger partial charge < -0.3 is 15.0 Å². The molecule has 1 amide bonds. The zero-order valence-electron chi connectivity index (χ0n) is 29.1. The number of pyridine rings is 2. The monoisotopic (exact) mass is 725 g/mol. The summed E-state index contributed by atoms with van der Waals surface area (Å²) < 4.78 is 90.1. The summed E-state index contributed by atoms with van der Waals surface area (Å²) in [7, 11) is 0. The van der Waals surface area contributed by atoms with Gasteiger partial charge in [0.25, 0.3) is 5.56 Å². The number of carboxylic acids is 1. The number of aromatic nitrogens is 2. The predicted octanol–water partition coefficient (Wildman–Crippen LogP) is 8.04. The number of rotatable bonds is 12. The Labute approximate surface area is 296 Å². The molecule has 4 rings (SSSR count). The van der Waals surface area contributed by atoms with Gasteiger partial charge in [0.2, 0.25) is 5.91 Å². The van der Waals surface area contributed by atoms with Crippen molar-refractivity contribution < 1.29 is 41.0 Å². The summed E-state index contributed by atoms with van der Waals surface area (Å²) >= 11 is 0. The van der Waals surface area contributed by atoms with Gasteiger partial charge in [-0.15, -0.1) is 5.92 Å². The number of halogens is 6. The summed E-state index contributed by atoms with van der Waals surface area (Å²) in [5, 5.41) is 12.2. The highest BCUT2D eigenvalue weighted by Crippen LogP contribution is 2.38. The molecule has 0 bridgehead atoms. The van der Waals surface area contributed by atoms with Crippen molar-refractivity contribution in [3.63, 3.8) is 0 Å². The molecule has 4 aromatic rings. The van der Waals surface area contributed by atoms with E-state index in [2.05, 4.69) is 22.1 Å². The van der Waals surface area contributed by atoms with Crippen molar-refractivity contribution in [3.8, 4) is 23.0 Å². The van der Waals surface area contributed by atoms with Gasteiger partial charge in [0, 0.05) is 35.3 Å². The van der Waals surface area contributed by atoms with Gasteiger partial charge in [-0.25, -0.2) is 13.2 Å². The van der Waals surface area contributed by atoms with E-state index in [4.69, 9.17) is 0 Å². The number of alkyl halides is 3. The van der Waals surface area contributed by atoms with Crippen LogP contribution in [0.4, 0.5) is 26.3 Å². The van der Waals surface area contributed by atoms with Crippen LogP contribution in [0.2, 0.25) is 0 Å². The molecule has 52 heavy (non-hydrogen) atoms. The van der Waals surface area contributed by atoms with Gasteiger partial charge in [-0.1, -0.05) is 25.8 Å². The molecule has 2 atom stereocenters. The molecule has 0 radical (unpaired) electrons. The second-order valence-electron chi connectivity index (χ2n) is 12.9. The number of benzene rings is 2. The van der Waals surface area contributed by atoms with E-state index in [9.17, 15) is 37.1 Å². The molecule has 274 valence electrons. The standard InChI is InChI=1S/C39H37F6N3O4/c1-6-9-24-17-28(34-22(4)15-26(40)16-23(34)5)37(42)35(36(24)41)30(19-33(50)51)47-38(52)31(14-21(2)3)48-20-25(11-12-27-10-7-8-13-46-27)29(18-32(48)49)39(43,44)45/h7-8,10,13,15-18,20-21,30-31H,11-12,14,19H2,1-5H3,(H,47,52)(H,50,51). The summed E-state index contributed by atoms with van der Waals surface area (Å²) in [4.78, 5) is 43.6. The molecule has 7 nitrogen and oxygen atoms in total. The number of hydrogen-bond donors (Lipinski definition) is 2. The first-order valence-corrected chi connectivity index (χ1v) is 16.4. The molecule has 0 fully saturated rings. The Morgan fingerprint density at radius 2 is 1.67 bits per heavy atom. The molecule has 2 heterocycles. The molecule has 0 aliphatic rings. The molecular formula is C39H37F6N3O4. The van der Waals surface area contributed by atoms with Crippen molar-refractivity contribution in [3.05, 3.63) is 122 Å². The smallest absolute Gasteiger partial charge is 0.416 e. The van der Waals surface area contributed by atoms with E-state index in [1.165, 1.54) is 27.0 Å². The summed E-state index contributed by atoms with van der Waals surface area (Å²) in [6.45, 7) is 7.81. The average Bonchev–Trinajstić information content (AvgIpc) is 3.04. The lowest BCUT2D eigenvalue weighted by molar-refractivity contribution is -0.139. The van der Waals surface area contributed by atoms with Gasteiger partial charge in [-0.05, 0) is 98.5 Å². The fraction of sp³-hybridized carbons (Fsp3) is 0.333. The Hall–Kier alpha value is -5.38. The third kappa shape index (κ3) is 9.09. The lowest BCUT2D eigenvalue weighted by atomic mass is 9.89. The van der Waals surface area contributed by atoms with Crippen molar-refractivity contribution in [2.75, 3.05) is 0 Å². The van der Waals surface area contributed by atoms with Crippen LogP contribution in [-0.4, -0.2) is 26.5 Å². The fourth-order valence-corrected chi connectivity index (χ4v) is 6.27. The van der Waals surface area contributed by atoms with Gasteiger partial charge in [0.05, 0.1) is 23.6 Å². The van der Waals surface area contributed by atoms with Crippen LogP contribution in [0.3, 0.4) is 0 Å². The van der Waals surface area contributed by atoms with Crippen LogP contribution in [0, 0.1) is 49.1 Å². The van der Waals surface area contributed by atoms with E-state index in [0.29, 0.717) is 22.9 Å². The van der Waals surface area contributed by atoms with E-state index in [1.54, 1.807) is 32.0 Å². The lowest BCUT2D eigenvalue weighted by Crippen LogP contribution is -2.41.